The van der Waals surface area contributed by atoms with Crippen molar-refractivity contribution < 1.29 is 9.53 Å². The summed E-state index contributed by atoms with van der Waals surface area (Å²) in [6.07, 6.45) is 3.56. The molecule has 0 N–H and O–H groups in total. The molecule has 1 amide bonds. The average Bonchev–Trinajstić information content (AvgIpc) is 3.32. The average molecular weight is 341 g/mol. The summed E-state index contributed by atoms with van der Waals surface area (Å²) >= 11 is 0. The number of rotatable bonds is 4. The van der Waals surface area contributed by atoms with Crippen LogP contribution in [-0.2, 0) is 23.0 Å². The Balaban J connectivity index is 1.52. The molecule has 4 rings (SSSR count). The zero-order valence-corrected chi connectivity index (χ0v) is 14.6. The summed E-state index contributed by atoms with van der Waals surface area (Å²) in [4.78, 5) is 17.0. The van der Waals surface area contributed by atoms with Crippen LogP contribution in [0.3, 0.4) is 0 Å². The van der Waals surface area contributed by atoms with Crippen LogP contribution in [0.2, 0.25) is 0 Å². The molecule has 0 spiro atoms. The zero-order valence-electron chi connectivity index (χ0n) is 14.6. The standard InChI is InChI=1S/C18H23N5O2/c1-21-12-19-20-18(21)16-9-14(25-2)10-22(16)11-17(24)23-8-7-13-5-3-4-6-15(13)23/h3-6,12,14,16H,7-11H2,1-2H3/t14-,16+/m1/s1. The number of nitrogens with zero attached hydrogens (tertiary/aromatic N) is 5. The smallest absolute Gasteiger partial charge is 0.241 e. The number of carbonyl (C=O) groups excluding carboxylic acids is 1. The van der Waals surface area contributed by atoms with Gasteiger partial charge in [-0.3, -0.25) is 9.69 Å². The van der Waals surface area contributed by atoms with Gasteiger partial charge in [0.1, 0.15) is 12.2 Å². The van der Waals surface area contributed by atoms with Gasteiger partial charge in [-0.2, -0.15) is 0 Å². The number of hydrogen-bond donors (Lipinski definition) is 0. The molecule has 0 unspecified atom stereocenters. The second-order valence-corrected chi connectivity index (χ2v) is 6.76. The van der Waals surface area contributed by atoms with Crippen molar-refractivity contribution in [1.82, 2.24) is 19.7 Å². The van der Waals surface area contributed by atoms with Crippen molar-refractivity contribution in [2.45, 2.75) is 25.0 Å². The van der Waals surface area contributed by atoms with Gasteiger partial charge >= 0.3 is 0 Å². The molecule has 2 aliphatic rings. The summed E-state index contributed by atoms with van der Waals surface area (Å²) in [6.45, 7) is 1.86. The number of para-hydroxylation sites is 1. The first-order valence-corrected chi connectivity index (χ1v) is 8.66. The Bertz CT molecular complexity index is 774. The van der Waals surface area contributed by atoms with Crippen LogP contribution in [0, 0.1) is 0 Å². The summed E-state index contributed by atoms with van der Waals surface area (Å²) in [6, 6.07) is 8.20. The maximum Gasteiger partial charge on any atom is 0.241 e. The first-order valence-electron chi connectivity index (χ1n) is 8.66. The van der Waals surface area contributed by atoms with Crippen LogP contribution in [0.4, 0.5) is 5.69 Å². The van der Waals surface area contributed by atoms with Crippen LogP contribution in [-0.4, -0.2) is 58.4 Å². The topological polar surface area (TPSA) is 63.5 Å². The molecule has 1 aromatic heterocycles. The molecule has 1 aromatic carbocycles. The fourth-order valence-corrected chi connectivity index (χ4v) is 3.93. The minimum absolute atomic E-state index is 0.0549. The highest BCUT2D eigenvalue weighted by Gasteiger charge is 2.38. The predicted molar refractivity (Wildman–Crippen MR) is 93.2 cm³/mol. The third-order valence-corrected chi connectivity index (χ3v) is 5.27. The molecule has 0 aliphatic carbocycles. The van der Waals surface area contributed by atoms with E-state index >= 15 is 0 Å². The minimum atomic E-state index is 0.0549. The van der Waals surface area contributed by atoms with Crippen LogP contribution in [0.15, 0.2) is 30.6 Å². The summed E-state index contributed by atoms with van der Waals surface area (Å²) in [7, 11) is 3.66. The lowest BCUT2D eigenvalue weighted by molar-refractivity contribution is -0.120. The maximum atomic E-state index is 13.0. The van der Waals surface area contributed by atoms with E-state index in [1.54, 1.807) is 13.4 Å². The lowest BCUT2D eigenvalue weighted by atomic mass is 10.2. The van der Waals surface area contributed by atoms with Crippen LogP contribution in [0.1, 0.15) is 23.9 Å². The minimum Gasteiger partial charge on any atom is -0.380 e. The van der Waals surface area contributed by atoms with E-state index in [0.29, 0.717) is 6.54 Å². The van der Waals surface area contributed by atoms with Crippen molar-refractivity contribution in [1.29, 1.82) is 0 Å². The van der Waals surface area contributed by atoms with Gasteiger partial charge in [0.25, 0.3) is 0 Å². The van der Waals surface area contributed by atoms with E-state index in [4.69, 9.17) is 4.74 Å². The van der Waals surface area contributed by atoms with E-state index < -0.39 is 0 Å². The lowest BCUT2D eigenvalue weighted by Gasteiger charge is -2.25. The molecule has 3 heterocycles. The second-order valence-electron chi connectivity index (χ2n) is 6.76. The zero-order chi connectivity index (χ0) is 17.4. The summed E-state index contributed by atoms with van der Waals surface area (Å²) in [5.74, 6) is 1.02. The first kappa shape index (κ1) is 16.2. The Hall–Kier alpha value is -2.25. The molecule has 1 fully saturated rings. The number of carbonyl (C=O) groups is 1. The van der Waals surface area contributed by atoms with E-state index in [2.05, 4.69) is 21.2 Å². The van der Waals surface area contributed by atoms with Crippen molar-refractivity contribution in [2.24, 2.45) is 7.05 Å². The normalized spacial score (nSPS) is 23.2. The lowest BCUT2D eigenvalue weighted by Crippen LogP contribution is -2.40. The van der Waals surface area contributed by atoms with Gasteiger partial charge < -0.3 is 14.2 Å². The maximum absolute atomic E-state index is 13.0. The molecule has 2 aliphatic heterocycles. The van der Waals surface area contributed by atoms with Gasteiger partial charge in [-0.25, -0.2) is 0 Å². The van der Waals surface area contributed by atoms with Crippen molar-refractivity contribution in [3.8, 4) is 0 Å². The van der Waals surface area contributed by atoms with Crippen LogP contribution in [0.5, 0.6) is 0 Å². The molecular formula is C18H23N5O2. The van der Waals surface area contributed by atoms with Crippen LogP contribution in [0.25, 0.3) is 0 Å². The highest BCUT2D eigenvalue weighted by atomic mass is 16.5. The first-order chi connectivity index (χ1) is 12.2. The fourth-order valence-electron chi connectivity index (χ4n) is 3.93. The van der Waals surface area contributed by atoms with Crippen molar-refractivity contribution in [2.75, 3.05) is 31.6 Å². The van der Waals surface area contributed by atoms with E-state index in [-0.39, 0.29) is 18.1 Å². The molecule has 2 atom stereocenters. The van der Waals surface area contributed by atoms with Gasteiger partial charge in [0, 0.05) is 32.9 Å². The Kier molecular flexibility index (Phi) is 4.27. The molecular weight excluding hydrogens is 318 g/mol. The van der Waals surface area contributed by atoms with Gasteiger partial charge in [-0.15, -0.1) is 10.2 Å². The van der Waals surface area contributed by atoms with Gasteiger partial charge in [-0.05, 0) is 24.5 Å². The molecule has 25 heavy (non-hydrogen) atoms. The predicted octanol–water partition coefficient (Wildman–Crippen LogP) is 1.17. The number of methoxy groups -OCH3 is 1. The number of hydrogen-bond acceptors (Lipinski definition) is 5. The Morgan fingerprint density at radius 1 is 1.36 bits per heavy atom. The Morgan fingerprint density at radius 2 is 2.20 bits per heavy atom. The molecule has 0 saturated carbocycles. The quantitative estimate of drug-likeness (QED) is 0.835. The number of aryl methyl sites for hydroxylation is 1. The highest BCUT2D eigenvalue weighted by molar-refractivity contribution is 5.96. The summed E-state index contributed by atoms with van der Waals surface area (Å²) in [5.41, 5.74) is 2.29. The number of fused-ring (bicyclic) bond motifs is 1. The van der Waals surface area contributed by atoms with E-state index in [9.17, 15) is 4.79 Å². The fraction of sp³-hybridized carbons (Fsp3) is 0.500. The van der Waals surface area contributed by atoms with Gasteiger partial charge in [0.2, 0.25) is 5.91 Å². The third-order valence-electron chi connectivity index (χ3n) is 5.27. The largest absolute Gasteiger partial charge is 0.380 e. The van der Waals surface area contributed by atoms with E-state index in [1.165, 1.54) is 5.56 Å². The monoisotopic (exact) mass is 341 g/mol. The van der Waals surface area contributed by atoms with E-state index in [0.717, 1.165) is 37.4 Å². The van der Waals surface area contributed by atoms with Gasteiger partial charge in [0.15, 0.2) is 0 Å². The Morgan fingerprint density at radius 3 is 2.96 bits per heavy atom. The number of likely N-dealkylation sites (tertiary alicyclic amines) is 1. The van der Waals surface area contributed by atoms with Gasteiger partial charge in [0.05, 0.1) is 18.7 Å². The SMILES string of the molecule is CO[C@@H]1C[C@@H](c2nncn2C)N(CC(=O)N2CCc3ccccc32)C1. The second kappa shape index (κ2) is 6.57. The van der Waals surface area contributed by atoms with Crippen LogP contribution >= 0.6 is 0 Å². The van der Waals surface area contributed by atoms with Crippen LogP contribution < -0.4 is 4.90 Å². The van der Waals surface area contributed by atoms with Crippen molar-refractivity contribution in [3.63, 3.8) is 0 Å². The molecule has 0 bridgehead atoms. The third kappa shape index (κ3) is 2.94. The molecule has 7 heteroatoms. The van der Waals surface area contributed by atoms with Gasteiger partial charge in [-0.1, -0.05) is 18.2 Å². The molecule has 2 aromatic rings. The molecule has 132 valence electrons. The Labute approximate surface area is 147 Å². The number of benzene rings is 1. The molecule has 7 nitrogen and oxygen atoms in total. The highest BCUT2D eigenvalue weighted by Crippen LogP contribution is 2.33. The molecule has 0 radical (unpaired) electrons. The van der Waals surface area contributed by atoms with Crippen molar-refractivity contribution >= 4 is 11.6 Å². The summed E-state index contributed by atoms with van der Waals surface area (Å²) < 4.78 is 7.47. The number of anilines is 1. The van der Waals surface area contributed by atoms with Crippen molar-refractivity contribution in [3.05, 3.63) is 42.0 Å². The van der Waals surface area contributed by atoms with E-state index in [1.807, 2.05) is 34.7 Å². The number of ether oxygens (including phenoxy) is 1. The molecule has 1 saturated heterocycles. The number of aromatic nitrogens is 3. The number of amides is 1. The summed E-state index contributed by atoms with van der Waals surface area (Å²) in [5, 5.41) is 8.24.